The summed E-state index contributed by atoms with van der Waals surface area (Å²) in [5, 5.41) is 19.5. The molecule has 0 aliphatic carbocycles. The minimum Gasteiger partial charge on any atom is -0.508 e. The van der Waals surface area contributed by atoms with Crippen molar-refractivity contribution in [2.45, 2.75) is 19.4 Å². The average molecular weight is 322 g/mol. The van der Waals surface area contributed by atoms with Gasteiger partial charge in [-0.05, 0) is 56.3 Å². The second-order valence-electron chi connectivity index (χ2n) is 6.59. The molecule has 2 aromatic carbocycles. The first kappa shape index (κ1) is 14.7. The van der Waals surface area contributed by atoms with E-state index in [2.05, 4.69) is 0 Å². The Labute approximate surface area is 140 Å². The van der Waals surface area contributed by atoms with E-state index in [-0.39, 0.29) is 17.1 Å². The molecule has 0 saturated heterocycles. The summed E-state index contributed by atoms with van der Waals surface area (Å²) in [6, 6.07) is 8.47. The van der Waals surface area contributed by atoms with Crippen LogP contribution in [-0.4, -0.2) is 22.4 Å². The minimum absolute atomic E-state index is 0.0351. The Balaban J connectivity index is 1.78. The van der Waals surface area contributed by atoms with E-state index in [1.165, 1.54) is 6.07 Å². The van der Waals surface area contributed by atoms with Gasteiger partial charge in [-0.3, -0.25) is 0 Å². The van der Waals surface area contributed by atoms with Gasteiger partial charge < -0.3 is 19.7 Å². The van der Waals surface area contributed by atoms with Gasteiger partial charge in [0.05, 0.1) is 5.56 Å². The number of fused-ring (bicyclic) bond motifs is 3. The molecule has 0 bridgehead atoms. The second kappa shape index (κ2) is 5.06. The SMILES string of the molecule is CC1(C)C=Cc2c(ccc3c2OCC(c2ccc(O)cc2O)=C3)O1. The Kier molecular flexibility index (Phi) is 3.10. The van der Waals surface area contributed by atoms with Crippen molar-refractivity contribution in [1.29, 1.82) is 0 Å². The van der Waals surface area contributed by atoms with Crippen LogP contribution in [0, 0.1) is 0 Å². The van der Waals surface area contributed by atoms with Crippen molar-refractivity contribution in [2.75, 3.05) is 6.61 Å². The number of aromatic hydroxyl groups is 2. The number of benzene rings is 2. The van der Waals surface area contributed by atoms with Gasteiger partial charge in [0, 0.05) is 22.8 Å². The van der Waals surface area contributed by atoms with Gasteiger partial charge in [-0.15, -0.1) is 0 Å². The highest BCUT2D eigenvalue weighted by Gasteiger charge is 2.26. The van der Waals surface area contributed by atoms with E-state index in [9.17, 15) is 10.2 Å². The van der Waals surface area contributed by atoms with Gasteiger partial charge in [-0.2, -0.15) is 0 Å². The van der Waals surface area contributed by atoms with Gasteiger partial charge in [0.2, 0.25) is 0 Å². The van der Waals surface area contributed by atoms with Gasteiger partial charge >= 0.3 is 0 Å². The quantitative estimate of drug-likeness (QED) is 0.825. The maximum atomic E-state index is 10.1. The van der Waals surface area contributed by atoms with Crippen molar-refractivity contribution in [1.82, 2.24) is 0 Å². The fourth-order valence-electron chi connectivity index (χ4n) is 3.05. The van der Waals surface area contributed by atoms with E-state index in [1.54, 1.807) is 12.1 Å². The molecule has 2 aromatic rings. The van der Waals surface area contributed by atoms with Crippen LogP contribution in [0.15, 0.2) is 36.4 Å². The molecule has 4 nitrogen and oxygen atoms in total. The molecule has 0 saturated carbocycles. The summed E-state index contributed by atoms with van der Waals surface area (Å²) >= 11 is 0. The fraction of sp³-hybridized carbons (Fsp3) is 0.200. The van der Waals surface area contributed by atoms with Crippen LogP contribution in [0.1, 0.15) is 30.5 Å². The van der Waals surface area contributed by atoms with Crippen LogP contribution in [0.5, 0.6) is 23.0 Å². The monoisotopic (exact) mass is 322 g/mol. The number of phenols is 2. The van der Waals surface area contributed by atoms with Crippen LogP contribution in [0.4, 0.5) is 0 Å². The molecule has 4 heteroatoms. The Bertz CT molecular complexity index is 891. The molecule has 4 rings (SSSR count). The first-order chi connectivity index (χ1) is 11.4. The van der Waals surface area contributed by atoms with E-state index in [0.29, 0.717) is 12.2 Å². The first-order valence-electron chi connectivity index (χ1n) is 7.84. The number of ether oxygens (including phenoxy) is 2. The lowest BCUT2D eigenvalue weighted by Gasteiger charge is -2.30. The first-order valence-corrected chi connectivity index (χ1v) is 7.84. The molecule has 0 unspecified atom stereocenters. The summed E-state index contributed by atoms with van der Waals surface area (Å²) in [6.45, 7) is 4.37. The number of rotatable bonds is 1. The zero-order valence-electron chi connectivity index (χ0n) is 13.5. The van der Waals surface area contributed by atoms with Crippen LogP contribution in [0.3, 0.4) is 0 Å². The molecular weight excluding hydrogens is 304 g/mol. The number of phenolic OH excluding ortho intramolecular Hbond substituents is 2. The third kappa shape index (κ3) is 2.40. The predicted molar refractivity (Wildman–Crippen MR) is 93.3 cm³/mol. The van der Waals surface area contributed by atoms with Crippen molar-refractivity contribution in [2.24, 2.45) is 0 Å². The highest BCUT2D eigenvalue weighted by molar-refractivity contribution is 5.89. The third-order valence-electron chi connectivity index (χ3n) is 4.24. The Morgan fingerprint density at radius 1 is 1.08 bits per heavy atom. The summed E-state index contributed by atoms with van der Waals surface area (Å²) in [5.41, 5.74) is 3.08. The van der Waals surface area contributed by atoms with Crippen molar-refractivity contribution in [3.05, 3.63) is 53.1 Å². The number of hydrogen-bond acceptors (Lipinski definition) is 4. The molecule has 24 heavy (non-hydrogen) atoms. The minimum atomic E-state index is -0.325. The van der Waals surface area contributed by atoms with Gasteiger partial charge in [0.1, 0.15) is 35.2 Å². The zero-order valence-corrected chi connectivity index (χ0v) is 13.5. The topological polar surface area (TPSA) is 58.9 Å². The van der Waals surface area contributed by atoms with E-state index < -0.39 is 0 Å². The molecule has 2 heterocycles. The zero-order chi connectivity index (χ0) is 16.9. The van der Waals surface area contributed by atoms with Gasteiger partial charge in [-0.1, -0.05) is 0 Å². The molecule has 122 valence electrons. The maximum absolute atomic E-state index is 10.1. The smallest absolute Gasteiger partial charge is 0.137 e. The largest absolute Gasteiger partial charge is 0.508 e. The molecular formula is C20H18O4. The molecule has 2 aliphatic heterocycles. The molecule has 0 atom stereocenters. The van der Waals surface area contributed by atoms with E-state index in [4.69, 9.17) is 9.47 Å². The summed E-state index contributed by atoms with van der Waals surface area (Å²) in [6.07, 6.45) is 6.05. The standard InChI is InChI=1S/C20H18O4/c1-20(2)8-7-16-18(24-20)6-3-12-9-13(11-23-19(12)16)15-5-4-14(21)10-17(15)22/h3-10,21-22H,11H2,1-2H3. The van der Waals surface area contributed by atoms with Crippen molar-refractivity contribution >= 4 is 17.7 Å². The van der Waals surface area contributed by atoms with Gasteiger partial charge in [0.15, 0.2) is 0 Å². The lowest BCUT2D eigenvalue weighted by molar-refractivity contribution is 0.158. The normalized spacial score (nSPS) is 17.2. The van der Waals surface area contributed by atoms with Crippen molar-refractivity contribution < 1.29 is 19.7 Å². The highest BCUT2D eigenvalue weighted by atomic mass is 16.5. The van der Waals surface area contributed by atoms with E-state index >= 15 is 0 Å². The lowest BCUT2D eigenvalue weighted by atomic mass is 9.95. The molecule has 0 spiro atoms. The number of hydrogen-bond donors (Lipinski definition) is 2. The van der Waals surface area contributed by atoms with E-state index in [0.717, 1.165) is 28.2 Å². The summed E-state index contributed by atoms with van der Waals surface area (Å²) in [4.78, 5) is 0. The lowest BCUT2D eigenvalue weighted by Crippen LogP contribution is -2.27. The van der Waals surface area contributed by atoms with Crippen LogP contribution in [0.25, 0.3) is 17.7 Å². The summed E-state index contributed by atoms with van der Waals surface area (Å²) in [7, 11) is 0. The molecule has 2 aliphatic rings. The molecule has 0 amide bonds. The molecule has 0 fully saturated rings. The summed E-state index contributed by atoms with van der Waals surface area (Å²) < 4.78 is 11.9. The maximum Gasteiger partial charge on any atom is 0.137 e. The second-order valence-corrected chi connectivity index (χ2v) is 6.59. The van der Waals surface area contributed by atoms with Gasteiger partial charge in [0.25, 0.3) is 0 Å². The Hall–Kier alpha value is -2.88. The highest BCUT2D eigenvalue weighted by Crippen LogP contribution is 2.43. The molecule has 0 aromatic heterocycles. The summed E-state index contributed by atoms with van der Waals surface area (Å²) in [5.74, 6) is 1.68. The van der Waals surface area contributed by atoms with Crippen LogP contribution < -0.4 is 9.47 Å². The van der Waals surface area contributed by atoms with Crippen LogP contribution >= 0.6 is 0 Å². The fourth-order valence-corrected chi connectivity index (χ4v) is 3.05. The average Bonchev–Trinajstić information content (AvgIpc) is 2.53. The molecule has 2 N–H and O–H groups in total. The molecule has 0 radical (unpaired) electrons. The van der Waals surface area contributed by atoms with Gasteiger partial charge in [-0.25, -0.2) is 0 Å². The Morgan fingerprint density at radius 2 is 1.92 bits per heavy atom. The van der Waals surface area contributed by atoms with Crippen LogP contribution in [-0.2, 0) is 0 Å². The van der Waals surface area contributed by atoms with Crippen molar-refractivity contribution in [3.8, 4) is 23.0 Å². The van der Waals surface area contributed by atoms with E-state index in [1.807, 2.05) is 44.2 Å². The van der Waals surface area contributed by atoms with Crippen molar-refractivity contribution in [3.63, 3.8) is 0 Å². The Morgan fingerprint density at radius 3 is 2.71 bits per heavy atom. The third-order valence-corrected chi connectivity index (χ3v) is 4.24. The van der Waals surface area contributed by atoms with Crippen LogP contribution in [0.2, 0.25) is 0 Å². The predicted octanol–water partition coefficient (Wildman–Crippen LogP) is 4.22.